The van der Waals surface area contributed by atoms with E-state index in [4.69, 9.17) is 4.74 Å². The van der Waals surface area contributed by atoms with Crippen LogP contribution in [0.3, 0.4) is 0 Å². The summed E-state index contributed by atoms with van der Waals surface area (Å²) >= 11 is 0. The van der Waals surface area contributed by atoms with Gasteiger partial charge >= 0.3 is 0 Å². The number of hydrogen-bond donors (Lipinski definition) is 1. The summed E-state index contributed by atoms with van der Waals surface area (Å²) in [5.74, 6) is 0. The quantitative estimate of drug-likeness (QED) is 0.727. The Labute approximate surface area is 98.9 Å². The fraction of sp³-hybridized carbons (Fsp3) is 1.00. The monoisotopic (exact) mass is 231 g/mol. The minimum absolute atomic E-state index is 0.172. The number of ether oxygens (including phenoxy) is 1. The molecule has 0 spiro atoms. The van der Waals surface area contributed by atoms with Crippen LogP contribution in [0, 0.1) is 0 Å². The first-order valence-electron chi connectivity index (χ1n) is 6.78. The molecule has 1 saturated heterocycles. The lowest BCUT2D eigenvalue weighted by molar-refractivity contribution is -0.0698. The van der Waals surface area contributed by atoms with Gasteiger partial charge in [-0.2, -0.15) is 0 Å². The molecule has 0 amide bonds. The Bertz CT molecular complexity index is 177. The molecule has 1 rings (SSSR count). The molecule has 1 aliphatic rings. The molecule has 0 radical (unpaired) electrons. The van der Waals surface area contributed by atoms with Crippen molar-refractivity contribution >= 4 is 0 Å². The minimum Gasteiger partial charge on any atom is -0.372 e. The molecule has 3 heteroatoms. The van der Waals surface area contributed by atoms with Gasteiger partial charge in [0, 0.05) is 6.54 Å². The maximum absolute atomic E-state index is 13.6. The fourth-order valence-corrected chi connectivity index (χ4v) is 2.23. The highest BCUT2D eigenvalue weighted by Gasteiger charge is 2.27. The van der Waals surface area contributed by atoms with E-state index >= 15 is 0 Å². The van der Waals surface area contributed by atoms with E-state index in [1.54, 1.807) is 0 Å². The zero-order valence-corrected chi connectivity index (χ0v) is 10.7. The molecule has 1 fully saturated rings. The summed E-state index contributed by atoms with van der Waals surface area (Å²) in [4.78, 5) is 0. The van der Waals surface area contributed by atoms with Crippen LogP contribution in [-0.2, 0) is 4.74 Å². The van der Waals surface area contributed by atoms with E-state index in [0.717, 1.165) is 32.2 Å². The minimum atomic E-state index is -0.824. The summed E-state index contributed by atoms with van der Waals surface area (Å²) in [7, 11) is 0. The first kappa shape index (κ1) is 13.9. The second kappa shape index (κ2) is 8.02. The number of nitrogens with one attached hydrogen (secondary N) is 1. The molecule has 0 aromatic rings. The summed E-state index contributed by atoms with van der Waals surface area (Å²) in [5.41, 5.74) is 0. The van der Waals surface area contributed by atoms with Crippen LogP contribution in [0.4, 0.5) is 4.39 Å². The highest BCUT2D eigenvalue weighted by atomic mass is 19.1. The molecule has 1 unspecified atom stereocenters. The third-order valence-electron chi connectivity index (χ3n) is 3.21. The second-order valence-electron chi connectivity index (χ2n) is 4.74. The van der Waals surface area contributed by atoms with Crippen molar-refractivity contribution in [2.24, 2.45) is 0 Å². The van der Waals surface area contributed by atoms with Gasteiger partial charge in [0.15, 0.2) is 0 Å². The lowest BCUT2D eigenvalue weighted by Crippen LogP contribution is -2.44. The maximum Gasteiger partial charge on any atom is 0.139 e. The topological polar surface area (TPSA) is 21.3 Å². The summed E-state index contributed by atoms with van der Waals surface area (Å²) in [6.07, 6.45) is 5.73. The van der Waals surface area contributed by atoms with Crippen molar-refractivity contribution < 1.29 is 9.13 Å². The van der Waals surface area contributed by atoms with Crippen molar-refractivity contribution in [1.82, 2.24) is 5.32 Å². The van der Waals surface area contributed by atoms with E-state index in [1.807, 2.05) is 0 Å². The highest BCUT2D eigenvalue weighted by molar-refractivity contribution is 4.79. The Morgan fingerprint density at radius 1 is 1.31 bits per heavy atom. The van der Waals surface area contributed by atoms with Crippen molar-refractivity contribution in [3.63, 3.8) is 0 Å². The van der Waals surface area contributed by atoms with Gasteiger partial charge in [-0.1, -0.05) is 33.1 Å². The second-order valence-corrected chi connectivity index (χ2v) is 4.74. The number of alkyl halides is 1. The standard InChI is InChI=1S/C13H26FNO/c1-3-5-7-11(6-4-2)16-13-8-9-15-10-12(13)14/h11-13,15H,3-10H2,1-2H3/t11?,12-,13+/m0/s1. The molecule has 3 atom stereocenters. The molecule has 1 heterocycles. The highest BCUT2D eigenvalue weighted by Crippen LogP contribution is 2.19. The van der Waals surface area contributed by atoms with E-state index in [1.165, 1.54) is 12.8 Å². The van der Waals surface area contributed by atoms with Gasteiger partial charge in [-0.05, 0) is 25.8 Å². The first-order chi connectivity index (χ1) is 7.77. The van der Waals surface area contributed by atoms with Crippen LogP contribution in [0.2, 0.25) is 0 Å². The molecule has 0 aromatic carbocycles. The van der Waals surface area contributed by atoms with Gasteiger partial charge in [0.1, 0.15) is 6.17 Å². The van der Waals surface area contributed by atoms with E-state index in [9.17, 15) is 4.39 Å². The van der Waals surface area contributed by atoms with E-state index in [0.29, 0.717) is 6.54 Å². The van der Waals surface area contributed by atoms with E-state index in [-0.39, 0.29) is 12.2 Å². The molecule has 2 nitrogen and oxygen atoms in total. The van der Waals surface area contributed by atoms with Crippen LogP contribution in [0.1, 0.15) is 52.4 Å². The van der Waals surface area contributed by atoms with Crippen molar-refractivity contribution in [1.29, 1.82) is 0 Å². The number of rotatable bonds is 7. The number of hydrogen-bond acceptors (Lipinski definition) is 2. The molecular formula is C13H26FNO. The number of piperidine rings is 1. The fourth-order valence-electron chi connectivity index (χ4n) is 2.23. The van der Waals surface area contributed by atoms with Gasteiger partial charge in [-0.3, -0.25) is 0 Å². The van der Waals surface area contributed by atoms with Gasteiger partial charge in [0.05, 0.1) is 12.2 Å². The van der Waals surface area contributed by atoms with Crippen LogP contribution >= 0.6 is 0 Å². The van der Waals surface area contributed by atoms with Gasteiger partial charge in [-0.15, -0.1) is 0 Å². The summed E-state index contributed by atoms with van der Waals surface area (Å²) in [5, 5.41) is 3.06. The van der Waals surface area contributed by atoms with Crippen LogP contribution in [0.15, 0.2) is 0 Å². The Morgan fingerprint density at radius 3 is 2.75 bits per heavy atom. The van der Waals surface area contributed by atoms with Crippen molar-refractivity contribution in [3.05, 3.63) is 0 Å². The largest absolute Gasteiger partial charge is 0.372 e. The Morgan fingerprint density at radius 2 is 2.12 bits per heavy atom. The van der Waals surface area contributed by atoms with Crippen LogP contribution in [-0.4, -0.2) is 31.5 Å². The summed E-state index contributed by atoms with van der Waals surface area (Å²) in [6, 6.07) is 0. The van der Waals surface area contributed by atoms with Gasteiger partial charge in [-0.25, -0.2) is 4.39 Å². The molecule has 96 valence electrons. The van der Waals surface area contributed by atoms with Gasteiger partial charge in [0.25, 0.3) is 0 Å². The molecule has 0 bridgehead atoms. The molecule has 16 heavy (non-hydrogen) atoms. The van der Waals surface area contributed by atoms with E-state index < -0.39 is 6.17 Å². The smallest absolute Gasteiger partial charge is 0.139 e. The number of unbranched alkanes of at least 4 members (excludes halogenated alkanes) is 1. The summed E-state index contributed by atoms with van der Waals surface area (Å²) < 4.78 is 19.5. The number of halogens is 1. The third-order valence-corrected chi connectivity index (χ3v) is 3.21. The Balaban J connectivity index is 2.33. The average molecular weight is 231 g/mol. The van der Waals surface area contributed by atoms with Crippen LogP contribution < -0.4 is 5.32 Å². The molecule has 0 aromatic heterocycles. The van der Waals surface area contributed by atoms with Crippen molar-refractivity contribution in [3.8, 4) is 0 Å². The van der Waals surface area contributed by atoms with Crippen LogP contribution in [0.25, 0.3) is 0 Å². The zero-order chi connectivity index (χ0) is 11.8. The average Bonchev–Trinajstić information content (AvgIpc) is 2.29. The Hall–Kier alpha value is -0.150. The van der Waals surface area contributed by atoms with Gasteiger partial charge in [0.2, 0.25) is 0 Å². The molecule has 0 aliphatic carbocycles. The van der Waals surface area contributed by atoms with Gasteiger partial charge < -0.3 is 10.1 Å². The van der Waals surface area contributed by atoms with E-state index in [2.05, 4.69) is 19.2 Å². The third kappa shape index (κ3) is 4.79. The predicted molar refractivity (Wildman–Crippen MR) is 65.5 cm³/mol. The Kier molecular flexibility index (Phi) is 6.97. The summed E-state index contributed by atoms with van der Waals surface area (Å²) in [6.45, 7) is 5.69. The van der Waals surface area contributed by atoms with Crippen LogP contribution in [0.5, 0.6) is 0 Å². The lowest BCUT2D eigenvalue weighted by Gasteiger charge is -2.30. The van der Waals surface area contributed by atoms with Crippen molar-refractivity contribution in [2.45, 2.75) is 70.8 Å². The molecular weight excluding hydrogens is 205 g/mol. The molecule has 0 saturated carbocycles. The first-order valence-corrected chi connectivity index (χ1v) is 6.78. The lowest BCUT2D eigenvalue weighted by atomic mass is 10.0. The maximum atomic E-state index is 13.6. The zero-order valence-electron chi connectivity index (χ0n) is 10.7. The predicted octanol–water partition coefficient (Wildman–Crippen LogP) is 3.06. The molecule has 1 N–H and O–H groups in total. The molecule has 1 aliphatic heterocycles. The van der Waals surface area contributed by atoms with Crippen molar-refractivity contribution in [2.75, 3.05) is 13.1 Å². The SMILES string of the molecule is CCCCC(CCC)O[C@@H]1CCNC[C@@H]1F. The normalized spacial score (nSPS) is 27.9.